The average Bonchev–Trinajstić information content (AvgIpc) is 2.58. The monoisotopic (exact) mass is 384 g/mol. The van der Waals surface area contributed by atoms with Gasteiger partial charge in [0.2, 0.25) is 0 Å². The zero-order valence-electron chi connectivity index (χ0n) is 16.7. The Labute approximate surface area is 166 Å². The van der Waals surface area contributed by atoms with Crippen LogP contribution in [0.15, 0.2) is 0 Å². The van der Waals surface area contributed by atoms with Gasteiger partial charge in [0.25, 0.3) is 0 Å². The van der Waals surface area contributed by atoms with Crippen molar-refractivity contribution in [3.8, 4) is 0 Å². The Balaban J connectivity index is 0.00000196. The number of aliphatic hydroxyl groups is 1. The largest absolute Gasteiger partial charge is 1.00 e. The van der Waals surface area contributed by atoms with Gasteiger partial charge in [0.1, 0.15) is 0 Å². The SMILES string of the molecule is CCC1CCCCN1CC(O)COCCC12CC3CC(CC(C3)C1)C2.[Cl-]. The average molecular weight is 385 g/mol. The molecule has 0 aromatic heterocycles. The quantitative estimate of drug-likeness (QED) is 0.639. The van der Waals surface area contributed by atoms with Crippen LogP contribution in [0, 0.1) is 23.2 Å². The van der Waals surface area contributed by atoms with E-state index >= 15 is 0 Å². The minimum absolute atomic E-state index is 0. The molecule has 3 nitrogen and oxygen atoms in total. The second-order valence-electron chi connectivity index (χ2n) is 9.95. The molecule has 0 aromatic carbocycles. The van der Waals surface area contributed by atoms with E-state index in [1.807, 2.05) is 0 Å². The zero-order valence-corrected chi connectivity index (χ0v) is 17.4. The molecule has 0 radical (unpaired) electrons. The summed E-state index contributed by atoms with van der Waals surface area (Å²) in [5.41, 5.74) is 0.611. The van der Waals surface area contributed by atoms with Crippen LogP contribution in [0.3, 0.4) is 0 Å². The molecule has 1 saturated heterocycles. The third-order valence-electron chi connectivity index (χ3n) is 7.92. The van der Waals surface area contributed by atoms with E-state index in [2.05, 4.69) is 11.8 Å². The summed E-state index contributed by atoms with van der Waals surface area (Å²) < 4.78 is 5.97. The highest BCUT2D eigenvalue weighted by Crippen LogP contribution is 2.61. The molecule has 152 valence electrons. The molecule has 5 rings (SSSR count). The van der Waals surface area contributed by atoms with E-state index in [9.17, 15) is 5.11 Å². The molecule has 1 aliphatic heterocycles. The number of halogens is 1. The van der Waals surface area contributed by atoms with Gasteiger partial charge < -0.3 is 22.3 Å². The van der Waals surface area contributed by atoms with Gasteiger partial charge >= 0.3 is 0 Å². The second kappa shape index (κ2) is 9.11. The van der Waals surface area contributed by atoms with Crippen molar-refractivity contribution in [2.75, 3.05) is 26.3 Å². The van der Waals surface area contributed by atoms with Crippen LogP contribution in [-0.2, 0) is 4.74 Å². The lowest BCUT2D eigenvalue weighted by atomic mass is 9.49. The van der Waals surface area contributed by atoms with Crippen LogP contribution < -0.4 is 12.4 Å². The normalized spacial score (nSPS) is 40.4. The van der Waals surface area contributed by atoms with Crippen molar-refractivity contribution in [2.45, 2.75) is 89.7 Å². The Kier molecular flexibility index (Phi) is 7.32. The van der Waals surface area contributed by atoms with Crippen LogP contribution in [0.5, 0.6) is 0 Å². The van der Waals surface area contributed by atoms with Gasteiger partial charge in [0.05, 0.1) is 12.7 Å². The van der Waals surface area contributed by atoms with Gasteiger partial charge in [0.15, 0.2) is 0 Å². The van der Waals surface area contributed by atoms with Crippen molar-refractivity contribution >= 4 is 0 Å². The topological polar surface area (TPSA) is 32.7 Å². The maximum Gasteiger partial charge on any atom is 0.0900 e. The van der Waals surface area contributed by atoms with Crippen molar-refractivity contribution < 1.29 is 22.3 Å². The fourth-order valence-corrected chi connectivity index (χ4v) is 7.19. The first kappa shape index (κ1) is 20.9. The molecule has 1 N–H and O–H groups in total. The lowest BCUT2D eigenvalue weighted by Gasteiger charge is -2.57. The van der Waals surface area contributed by atoms with Gasteiger partial charge in [-0.3, -0.25) is 4.90 Å². The predicted octanol–water partition coefficient (Wildman–Crippen LogP) is 1.24. The summed E-state index contributed by atoms with van der Waals surface area (Å²) in [7, 11) is 0. The van der Waals surface area contributed by atoms with Gasteiger partial charge in [-0.15, -0.1) is 0 Å². The molecule has 5 aliphatic rings. The lowest BCUT2D eigenvalue weighted by molar-refractivity contribution is -0.0748. The molecule has 4 heteroatoms. The molecule has 2 unspecified atom stereocenters. The highest BCUT2D eigenvalue weighted by molar-refractivity contribution is 5.01. The van der Waals surface area contributed by atoms with Crippen LogP contribution in [0.1, 0.15) is 77.6 Å². The summed E-state index contributed by atoms with van der Waals surface area (Å²) in [6.07, 6.45) is 15.0. The molecule has 0 amide bonds. The molecule has 0 spiro atoms. The summed E-state index contributed by atoms with van der Waals surface area (Å²) in [4.78, 5) is 2.50. The van der Waals surface area contributed by atoms with Gasteiger partial charge in [-0.05, 0) is 93.9 Å². The zero-order chi connectivity index (χ0) is 17.3. The molecule has 4 aliphatic carbocycles. The number of nitrogens with zero attached hydrogens (tertiary/aromatic N) is 1. The minimum atomic E-state index is -0.316. The molecular weight excluding hydrogens is 346 g/mol. The Hall–Kier alpha value is 0.170. The fraction of sp³-hybridized carbons (Fsp3) is 1.00. The van der Waals surface area contributed by atoms with E-state index in [0.717, 1.165) is 37.5 Å². The van der Waals surface area contributed by atoms with Gasteiger partial charge in [-0.25, -0.2) is 0 Å². The number of rotatable bonds is 8. The number of piperidine rings is 1. The summed E-state index contributed by atoms with van der Waals surface area (Å²) in [5.74, 6) is 3.09. The van der Waals surface area contributed by atoms with E-state index in [0.29, 0.717) is 18.1 Å². The molecule has 4 bridgehead atoms. The number of hydrogen-bond donors (Lipinski definition) is 1. The number of likely N-dealkylation sites (tertiary alicyclic amines) is 1. The molecule has 2 atom stereocenters. The number of aliphatic hydroxyl groups excluding tert-OH is 1. The molecule has 5 fully saturated rings. The number of hydrogen-bond acceptors (Lipinski definition) is 3. The Morgan fingerprint density at radius 1 is 1.08 bits per heavy atom. The molecule has 0 aromatic rings. The summed E-state index contributed by atoms with van der Waals surface area (Å²) >= 11 is 0. The summed E-state index contributed by atoms with van der Waals surface area (Å²) in [6, 6.07) is 0.676. The predicted molar refractivity (Wildman–Crippen MR) is 102 cm³/mol. The summed E-state index contributed by atoms with van der Waals surface area (Å²) in [6.45, 7) is 5.62. The number of ether oxygens (including phenoxy) is 1. The first-order valence-corrected chi connectivity index (χ1v) is 11.2. The Morgan fingerprint density at radius 2 is 1.73 bits per heavy atom. The first-order valence-electron chi connectivity index (χ1n) is 11.2. The van der Waals surface area contributed by atoms with E-state index in [4.69, 9.17) is 4.74 Å². The van der Waals surface area contributed by atoms with E-state index in [1.54, 1.807) is 0 Å². The summed E-state index contributed by atoms with van der Waals surface area (Å²) in [5, 5.41) is 10.4. The van der Waals surface area contributed by atoms with Crippen LogP contribution in [0.4, 0.5) is 0 Å². The van der Waals surface area contributed by atoms with Gasteiger partial charge in [-0.2, -0.15) is 0 Å². The van der Waals surface area contributed by atoms with Crippen LogP contribution in [-0.4, -0.2) is 48.5 Å². The standard InChI is InChI=1S/C22H39NO2.ClH/c1-2-20-5-3-4-7-23(20)15-21(24)16-25-8-6-22-12-17-9-18(13-22)11-19(10-17)14-22;/h17-21,24H,2-16H2,1H3;1H/p-1. The van der Waals surface area contributed by atoms with Gasteiger partial charge in [0, 0.05) is 19.2 Å². The lowest BCUT2D eigenvalue weighted by Crippen LogP contribution is -3.00. The van der Waals surface area contributed by atoms with E-state index in [-0.39, 0.29) is 18.5 Å². The maximum absolute atomic E-state index is 10.4. The molecular formula is C22H39ClNO2-. The first-order chi connectivity index (χ1) is 12.2. The third-order valence-corrected chi connectivity index (χ3v) is 7.92. The smallest absolute Gasteiger partial charge is 0.0900 e. The Morgan fingerprint density at radius 3 is 2.35 bits per heavy atom. The van der Waals surface area contributed by atoms with Crippen molar-refractivity contribution in [3.63, 3.8) is 0 Å². The van der Waals surface area contributed by atoms with Crippen molar-refractivity contribution in [3.05, 3.63) is 0 Å². The second-order valence-corrected chi connectivity index (χ2v) is 9.95. The van der Waals surface area contributed by atoms with Crippen molar-refractivity contribution in [1.82, 2.24) is 4.90 Å². The van der Waals surface area contributed by atoms with Crippen LogP contribution in [0.2, 0.25) is 0 Å². The fourth-order valence-electron chi connectivity index (χ4n) is 7.19. The highest BCUT2D eigenvalue weighted by atomic mass is 35.5. The van der Waals surface area contributed by atoms with Crippen molar-refractivity contribution in [2.24, 2.45) is 23.2 Å². The van der Waals surface area contributed by atoms with Crippen molar-refractivity contribution in [1.29, 1.82) is 0 Å². The molecule has 26 heavy (non-hydrogen) atoms. The third kappa shape index (κ3) is 4.77. The Bertz CT molecular complexity index is 409. The van der Waals surface area contributed by atoms with Gasteiger partial charge in [-0.1, -0.05) is 13.3 Å². The van der Waals surface area contributed by atoms with Crippen LogP contribution >= 0.6 is 0 Å². The maximum atomic E-state index is 10.4. The van der Waals surface area contributed by atoms with E-state index < -0.39 is 0 Å². The molecule has 4 saturated carbocycles. The number of β-amino-alcohol motifs (C(OH)–C–C–N with tert-alkyl or cyclic N) is 1. The van der Waals surface area contributed by atoms with E-state index in [1.165, 1.54) is 70.6 Å². The highest BCUT2D eigenvalue weighted by Gasteiger charge is 2.50. The minimum Gasteiger partial charge on any atom is -1.00 e. The van der Waals surface area contributed by atoms with Crippen LogP contribution in [0.25, 0.3) is 0 Å². The molecule has 1 heterocycles.